The number of H-pyrrole nitrogens is 1. The molecule has 1 amide bonds. The number of nitrogens with one attached hydrogen (secondary N) is 2. The van der Waals surface area contributed by atoms with E-state index in [1.807, 2.05) is 43.7 Å². The second-order valence-corrected chi connectivity index (χ2v) is 7.26. The van der Waals surface area contributed by atoms with Crippen LogP contribution in [0.2, 0.25) is 0 Å². The SMILES string of the molecule is C[C@H]1C[C@@]1(NC(=O)c1cc2cc(Br)ccc2[nH]1)c1cnn(C)c1. The van der Waals surface area contributed by atoms with E-state index < -0.39 is 0 Å². The number of rotatable bonds is 3. The third-order valence-corrected chi connectivity index (χ3v) is 5.19. The first-order valence-electron chi connectivity index (χ1n) is 7.58. The topological polar surface area (TPSA) is 62.7 Å². The lowest BCUT2D eigenvalue weighted by molar-refractivity contribution is 0.0923. The lowest BCUT2D eigenvalue weighted by Gasteiger charge is -2.16. The molecule has 1 aliphatic rings. The summed E-state index contributed by atoms with van der Waals surface area (Å²) in [6.45, 7) is 2.15. The van der Waals surface area contributed by atoms with Crippen molar-refractivity contribution in [3.63, 3.8) is 0 Å². The summed E-state index contributed by atoms with van der Waals surface area (Å²) < 4.78 is 2.77. The molecule has 0 spiro atoms. The summed E-state index contributed by atoms with van der Waals surface area (Å²) >= 11 is 3.45. The molecule has 0 saturated heterocycles. The number of aromatic nitrogens is 3. The van der Waals surface area contributed by atoms with E-state index >= 15 is 0 Å². The van der Waals surface area contributed by atoms with Gasteiger partial charge in [-0.2, -0.15) is 5.10 Å². The molecule has 0 aliphatic heterocycles. The maximum Gasteiger partial charge on any atom is 0.268 e. The highest BCUT2D eigenvalue weighted by atomic mass is 79.9. The Morgan fingerprint density at radius 1 is 1.48 bits per heavy atom. The second kappa shape index (κ2) is 4.96. The summed E-state index contributed by atoms with van der Waals surface area (Å²) in [7, 11) is 1.89. The molecule has 0 bridgehead atoms. The van der Waals surface area contributed by atoms with Gasteiger partial charge in [0.15, 0.2) is 0 Å². The number of fused-ring (bicyclic) bond motifs is 1. The average molecular weight is 373 g/mol. The number of halogens is 1. The van der Waals surface area contributed by atoms with Crippen molar-refractivity contribution in [3.05, 3.63) is 52.4 Å². The lowest BCUT2D eigenvalue weighted by Crippen LogP contribution is -2.36. The quantitative estimate of drug-likeness (QED) is 0.740. The molecule has 1 fully saturated rings. The van der Waals surface area contributed by atoms with E-state index in [1.54, 1.807) is 4.68 Å². The number of aromatic amines is 1. The highest BCUT2D eigenvalue weighted by molar-refractivity contribution is 9.10. The molecular weight excluding hydrogens is 356 g/mol. The van der Waals surface area contributed by atoms with Gasteiger partial charge in [-0.1, -0.05) is 22.9 Å². The van der Waals surface area contributed by atoms with E-state index in [9.17, 15) is 4.79 Å². The maximum absolute atomic E-state index is 12.7. The zero-order chi connectivity index (χ0) is 16.2. The molecule has 1 aromatic carbocycles. The Morgan fingerprint density at radius 2 is 2.26 bits per heavy atom. The fourth-order valence-corrected chi connectivity index (χ4v) is 3.60. The molecular formula is C17H17BrN4O. The zero-order valence-corrected chi connectivity index (χ0v) is 14.5. The monoisotopic (exact) mass is 372 g/mol. The third kappa shape index (κ3) is 2.37. The zero-order valence-electron chi connectivity index (χ0n) is 12.9. The number of hydrogen-bond donors (Lipinski definition) is 2. The third-order valence-electron chi connectivity index (χ3n) is 4.69. The Bertz CT molecular complexity index is 912. The van der Waals surface area contributed by atoms with Crippen molar-refractivity contribution >= 4 is 32.7 Å². The fraction of sp³-hybridized carbons (Fsp3) is 0.294. The fourth-order valence-electron chi connectivity index (χ4n) is 3.22. The summed E-state index contributed by atoms with van der Waals surface area (Å²) in [5.41, 5.74) is 2.32. The molecule has 2 atom stereocenters. The molecule has 0 unspecified atom stereocenters. The molecule has 5 nitrogen and oxygen atoms in total. The molecule has 118 valence electrons. The van der Waals surface area contributed by atoms with Crippen molar-refractivity contribution < 1.29 is 4.79 Å². The summed E-state index contributed by atoms with van der Waals surface area (Å²) in [5, 5.41) is 8.45. The molecule has 1 aliphatic carbocycles. The van der Waals surface area contributed by atoms with Crippen molar-refractivity contribution in [2.45, 2.75) is 18.9 Å². The van der Waals surface area contributed by atoms with Gasteiger partial charge in [0.2, 0.25) is 0 Å². The smallest absolute Gasteiger partial charge is 0.268 e. The number of hydrogen-bond acceptors (Lipinski definition) is 2. The molecule has 2 N–H and O–H groups in total. The first kappa shape index (κ1) is 14.5. The Balaban J connectivity index is 1.63. The van der Waals surface area contributed by atoms with Crippen LogP contribution in [0.5, 0.6) is 0 Å². The van der Waals surface area contributed by atoms with E-state index in [0.29, 0.717) is 11.6 Å². The molecule has 3 aromatic rings. The summed E-state index contributed by atoms with van der Waals surface area (Å²) in [5.74, 6) is 0.333. The van der Waals surface area contributed by atoms with Gasteiger partial charge in [-0.15, -0.1) is 0 Å². The van der Waals surface area contributed by atoms with Gasteiger partial charge >= 0.3 is 0 Å². The van der Waals surface area contributed by atoms with Crippen LogP contribution in [0.25, 0.3) is 10.9 Å². The number of carbonyl (C=O) groups excluding carboxylic acids is 1. The minimum absolute atomic E-state index is 0.0782. The Morgan fingerprint density at radius 3 is 2.91 bits per heavy atom. The van der Waals surface area contributed by atoms with Crippen LogP contribution in [-0.2, 0) is 12.6 Å². The van der Waals surface area contributed by atoms with Crippen LogP contribution in [-0.4, -0.2) is 20.7 Å². The average Bonchev–Trinajstić information content (AvgIpc) is 2.90. The number of aryl methyl sites for hydroxylation is 1. The number of benzene rings is 1. The van der Waals surface area contributed by atoms with Gasteiger partial charge in [0.1, 0.15) is 5.69 Å². The van der Waals surface area contributed by atoms with Gasteiger partial charge < -0.3 is 10.3 Å². The van der Waals surface area contributed by atoms with Gasteiger partial charge in [0.25, 0.3) is 5.91 Å². The minimum Gasteiger partial charge on any atom is -0.351 e. The Labute approximate surface area is 142 Å². The summed E-state index contributed by atoms with van der Waals surface area (Å²) in [6.07, 6.45) is 4.76. The van der Waals surface area contributed by atoms with Gasteiger partial charge in [-0.05, 0) is 36.6 Å². The maximum atomic E-state index is 12.7. The van der Waals surface area contributed by atoms with Gasteiger partial charge in [-0.25, -0.2) is 0 Å². The van der Waals surface area contributed by atoms with Crippen LogP contribution in [0, 0.1) is 5.92 Å². The Hall–Kier alpha value is -2.08. The molecule has 23 heavy (non-hydrogen) atoms. The molecule has 4 rings (SSSR count). The molecule has 2 aromatic heterocycles. The normalized spacial score (nSPS) is 23.2. The van der Waals surface area contributed by atoms with Crippen molar-refractivity contribution in [2.75, 3.05) is 0 Å². The predicted octanol–water partition coefficient (Wildman–Crippen LogP) is 3.33. The van der Waals surface area contributed by atoms with Crippen molar-refractivity contribution in [3.8, 4) is 0 Å². The molecule has 0 radical (unpaired) electrons. The van der Waals surface area contributed by atoms with Crippen LogP contribution < -0.4 is 5.32 Å². The van der Waals surface area contributed by atoms with Crippen LogP contribution in [0.3, 0.4) is 0 Å². The van der Waals surface area contributed by atoms with Crippen LogP contribution in [0.4, 0.5) is 0 Å². The van der Waals surface area contributed by atoms with Crippen molar-refractivity contribution in [1.29, 1.82) is 0 Å². The predicted molar refractivity (Wildman–Crippen MR) is 92.1 cm³/mol. The van der Waals surface area contributed by atoms with E-state index in [2.05, 4.69) is 38.3 Å². The van der Waals surface area contributed by atoms with E-state index in [0.717, 1.165) is 27.4 Å². The van der Waals surface area contributed by atoms with Gasteiger partial charge in [-0.3, -0.25) is 9.48 Å². The molecule has 2 heterocycles. The standard InChI is InChI=1S/C17H17BrN4O/c1-10-7-17(10,12-8-19-22(2)9-12)21-16(23)15-6-11-5-13(18)3-4-14(11)20-15/h3-6,8-10,20H,7H2,1-2H3,(H,21,23)/t10-,17-/m0/s1. The highest BCUT2D eigenvalue weighted by Crippen LogP contribution is 2.51. The van der Waals surface area contributed by atoms with E-state index in [4.69, 9.17) is 0 Å². The highest BCUT2D eigenvalue weighted by Gasteiger charge is 2.54. The Kier molecular flexibility index (Phi) is 3.13. The van der Waals surface area contributed by atoms with E-state index in [-0.39, 0.29) is 11.4 Å². The summed E-state index contributed by atoms with van der Waals surface area (Å²) in [6, 6.07) is 7.81. The van der Waals surface area contributed by atoms with E-state index in [1.165, 1.54) is 0 Å². The van der Waals surface area contributed by atoms with Crippen molar-refractivity contribution in [1.82, 2.24) is 20.1 Å². The van der Waals surface area contributed by atoms with Crippen LogP contribution in [0.15, 0.2) is 41.1 Å². The molecule has 1 saturated carbocycles. The van der Waals surface area contributed by atoms with Crippen molar-refractivity contribution in [2.24, 2.45) is 13.0 Å². The van der Waals surface area contributed by atoms with Crippen LogP contribution in [0.1, 0.15) is 29.4 Å². The largest absolute Gasteiger partial charge is 0.351 e. The minimum atomic E-state index is -0.288. The first-order chi connectivity index (χ1) is 11.0. The lowest BCUT2D eigenvalue weighted by atomic mass is 10.1. The van der Waals surface area contributed by atoms with Gasteiger partial charge in [0.05, 0.1) is 11.7 Å². The number of carbonyl (C=O) groups is 1. The van der Waals surface area contributed by atoms with Gasteiger partial charge in [0, 0.05) is 34.2 Å². The summed E-state index contributed by atoms with van der Waals surface area (Å²) in [4.78, 5) is 15.9. The second-order valence-electron chi connectivity index (χ2n) is 6.35. The van der Waals surface area contributed by atoms with Crippen LogP contribution >= 0.6 is 15.9 Å². The first-order valence-corrected chi connectivity index (χ1v) is 8.37. The molecule has 6 heteroatoms. The number of nitrogens with zero attached hydrogens (tertiary/aromatic N) is 2. The number of amides is 1.